The third-order valence-electron chi connectivity index (χ3n) is 2.29. The van der Waals surface area contributed by atoms with Gasteiger partial charge in [-0.2, -0.15) is 0 Å². The summed E-state index contributed by atoms with van der Waals surface area (Å²) in [5.74, 6) is 0. The van der Waals surface area contributed by atoms with E-state index in [9.17, 15) is 0 Å². The van der Waals surface area contributed by atoms with Crippen LogP contribution < -0.4 is 4.90 Å². The highest BCUT2D eigenvalue weighted by atomic mass is 127. The van der Waals surface area contributed by atoms with E-state index in [4.69, 9.17) is 0 Å². The minimum absolute atomic E-state index is 0. The number of halogens is 2. The molecule has 2 nitrogen and oxygen atoms in total. The van der Waals surface area contributed by atoms with Crippen LogP contribution in [-0.2, 0) is 0 Å². The van der Waals surface area contributed by atoms with Crippen molar-refractivity contribution in [2.45, 2.75) is 0 Å². The number of rotatable bonds is 2. The van der Waals surface area contributed by atoms with Crippen LogP contribution in [0.3, 0.4) is 0 Å². The van der Waals surface area contributed by atoms with Gasteiger partial charge in [0.25, 0.3) is 0 Å². The predicted octanol–water partition coefficient (Wildman–Crippen LogP) is 4.87. The molecule has 2 aromatic rings. The average Bonchev–Trinajstić information content (AvgIpc) is 2.39. The summed E-state index contributed by atoms with van der Waals surface area (Å²) < 4.78 is 0. The van der Waals surface area contributed by atoms with Gasteiger partial charge in [-0.15, -0.1) is 48.0 Å². The smallest absolute Gasteiger partial charge is 0.0408 e. The molecule has 0 N–H and O–H groups in total. The number of nitrogens with zero attached hydrogens (tertiary/aromatic N) is 2. The molecule has 0 aliphatic rings. The highest BCUT2D eigenvalue weighted by Crippen LogP contribution is 2.21. The third kappa shape index (κ3) is 8.76. The molecule has 0 atom stereocenters. The molecular formula is C16H24I2N2. The zero-order valence-electron chi connectivity index (χ0n) is 12.5. The van der Waals surface area contributed by atoms with Gasteiger partial charge in [0.2, 0.25) is 0 Å². The van der Waals surface area contributed by atoms with Crippen molar-refractivity contribution >= 4 is 59.3 Å². The predicted molar refractivity (Wildman–Crippen MR) is 111 cm³/mol. The molecule has 2 rings (SSSR count). The molecule has 0 heterocycles. The Balaban J connectivity index is 0. The molecule has 0 saturated carbocycles. The molecule has 0 fully saturated rings. The van der Waals surface area contributed by atoms with Crippen LogP contribution in [0.15, 0.2) is 60.7 Å². The Labute approximate surface area is 157 Å². The highest BCUT2D eigenvalue weighted by Gasteiger charge is 2.00. The largest absolute Gasteiger partial charge is 0.345 e. The lowest BCUT2D eigenvalue weighted by Crippen LogP contribution is -2.08. The van der Waals surface area contributed by atoms with E-state index in [0.29, 0.717) is 0 Å². The van der Waals surface area contributed by atoms with Gasteiger partial charge in [0.15, 0.2) is 0 Å². The SMILES string of the molecule is CN(C)C.CN(c1ccccc1)c1ccccc1.I.I. The molecular weight excluding hydrogens is 474 g/mol. The second-order valence-electron chi connectivity index (χ2n) is 4.57. The van der Waals surface area contributed by atoms with Crippen LogP contribution in [0.4, 0.5) is 11.4 Å². The van der Waals surface area contributed by atoms with E-state index in [1.165, 1.54) is 11.4 Å². The molecule has 0 spiro atoms. The zero-order valence-corrected chi connectivity index (χ0v) is 17.1. The quantitative estimate of drug-likeness (QED) is 0.546. The molecule has 0 amide bonds. The van der Waals surface area contributed by atoms with Crippen molar-refractivity contribution in [2.24, 2.45) is 0 Å². The van der Waals surface area contributed by atoms with Gasteiger partial charge in [-0.25, -0.2) is 0 Å². The van der Waals surface area contributed by atoms with Crippen molar-refractivity contribution in [1.29, 1.82) is 0 Å². The second-order valence-corrected chi connectivity index (χ2v) is 4.57. The first-order valence-corrected chi connectivity index (χ1v) is 6.06. The van der Waals surface area contributed by atoms with E-state index in [0.717, 1.165) is 0 Å². The van der Waals surface area contributed by atoms with E-state index in [1.807, 2.05) is 38.2 Å². The first-order chi connectivity index (χ1) is 8.61. The summed E-state index contributed by atoms with van der Waals surface area (Å²) in [6.45, 7) is 0. The molecule has 4 heteroatoms. The summed E-state index contributed by atoms with van der Waals surface area (Å²) >= 11 is 0. The Morgan fingerprint density at radius 2 is 0.800 bits per heavy atom. The summed E-state index contributed by atoms with van der Waals surface area (Å²) in [5, 5.41) is 0. The Hall–Kier alpha value is -0.340. The molecule has 0 aliphatic heterocycles. The van der Waals surface area contributed by atoms with Crippen LogP contribution in [0.2, 0.25) is 0 Å². The van der Waals surface area contributed by atoms with Gasteiger partial charge in [-0.05, 0) is 45.4 Å². The summed E-state index contributed by atoms with van der Waals surface area (Å²) in [4.78, 5) is 4.17. The molecule has 0 bridgehead atoms. The van der Waals surface area contributed by atoms with Gasteiger partial charge in [-0.3, -0.25) is 0 Å². The topological polar surface area (TPSA) is 6.48 Å². The third-order valence-corrected chi connectivity index (χ3v) is 2.29. The standard InChI is InChI=1S/C13H13N.C3H9N.2HI/c1-14(12-8-4-2-5-9-12)13-10-6-3-7-11-13;1-4(2)3;;/h2-11H,1H3;1-3H3;2*1H. The maximum atomic E-state index is 2.17. The van der Waals surface area contributed by atoms with Crippen molar-refractivity contribution < 1.29 is 0 Å². The van der Waals surface area contributed by atoms with Crippen molar-refractivity contribution in [2.75, 3.05) is 33.1 Å². The Morgan fingerprint density at radius 1 is 0.550 bits per heavy atom. The summed E-state index contributed by atoms with van der Waals surface area (Å²) in [6.07, 6.45) is 0. The van der Waals surface area contributed by atoms with Gasteiger partial charge >= 0.3 is 0 Å². The first-order valence-electron chi connectivity index (χ1n) is 6.06. The zero-order chi connectivity index (χ0) is 13.4. The van der Waals surface area contributed by atoms with Crippen molar-refractivity contribution in [3.63, 3.8) is 0 Å². The van der Waals surface area contributed by atoms with Crippen molar-refractivity contribution in [3.8, 4) is 0 Å². The maximum absolute atomic E-state index is 2.17. The molecule has 2 aromatic carbocycles. The number of para-hydroxylation sites is 2. The lowest BCUT2D eigenvalue weighted by molar-refractivity contribution is 0.505. The van der Waals surface area contributed by atoms with Gasteiger partial charge < -0.3 is 9.80 Å². The molecule has 0 radical (unpaired) electrons. The molecule has 0 aliphatic carbocycles. The van der Waals surface area contributed by atoms with Gasteiger partial charge in [0.1, 0.15) is 0 Å². The van der Waals surface area contributed by atoms with E-state index in [1.54, 1.807) is 0 Å². The number of benzene rings is 2. The van der Waals surface area contributed by atoms with Gasteiger partial charge in [0.05, 0.1) is 0 Å². The van der Waals surface area contributed by atoms with Gasteiger partial charge in [-0.1, -0.05) is 36.4 Å². The highest BCUT2D eigenvalue weighted by molar-refractivity contribution is 14.0. The Morgan fingerprint density at radius 3 is 1.05 bits per heavy atom. The van der Waals surface area contributed by atoms with E-state index < -0.39 is 0 Å². The molecule has 0 saturated heterocycles. The van der Waals surface area contributed by atoms with Crippen molar-refractivity contribution in [3.05, 3.63) is 60.7 Å². The van der Waals surface area contributed by atoms with Crippen LogP contribution in [0.1, 0.15) is 0 Å². The normalized spacial score (nSPS) is 8.65. The van der Waals surface area contributed by atoms with Crippen molar-refractivity contribution in [1.82, 2.24) is 4.90 Å². The van der Waals surface area contributed by atoms with Gasteiger partial charge in [0, 0.05) is 18.4 Å². The fraction of sp³-hybridized carbons (Fsp3) is 0.250. The van der Waals surface area contributed by atoms with Crippen LogP contribution in [-0.4, -0.2) is 33.1 Å². The summed E-state index contributed by atoms with van der Waals surface area (Å²) in [5.41, 5.74) is 2.41. The van der Waals surface area contributed by atoms with E-state index in [2.05, 4.69) is 60.5 Å². The lowest BCUT2D eigenvalue weighted by Gasteiger charge is -2.18. The lowest BCUT2D eigenvalue weighted by atomic mass is 10.2. The average molecular weight is 498 g/mol. The number of anilines is 2. The molecule has 0 aromatic heterocycles. The minimum Gasteiger partial charge on any atom is -0.345 e. The van der Waals surface area contributed by atoms with Crippen LogP contribution in [0.25, 0.3) is 0 Å². The van der Waals surface area contributed by atoms with Crippen LogP contribution >= 0.6 is 48.0 Å². The monoisotopic (exact) mass is 498 g/mol. The maximum Gasteiger partial charge on any atom is 0.0408 e. The van der Waals surface area contributed by atoms with E-state index in [-0.39, 0.29) is 48.0 Å². The fourth-order valence-corrected chi connectivity index (χ4v) is 1.45. The van der Waals surface area contributed by atoms with Crippen LogP contribution in [0, 0.1) is 0 Å². The summed E-state index contributed by atoms with van der Waals surface area (Å²) in [6, 6.07) is 20.7. The van der Waals surface area contributed by atoms with E-state index >= 15 is 0 Å². The first kappa shape index (κ1) is 21.9. The number of hydrogen-bond acceptors (Lipinski definition) is 2. The Bertz CT molecular complexity index is 390. The number of hydrogen-bond donors (Lipinski definition) is 0. The molecule has 0 unspecified atom stereocenters. The molecule has 20 heavy (non-hydrogen) atoms. The summed E-state index contributed by atoms with van der Waals surface area (Å²) in [7, 11) is 8.07. The fourth-order valence-electron chi connectivity index (χ4n) is 1.45. The minimum atomic E-state index is 0. The molecule has 112 valence electrons. The second kappa shape index (κ2) is 12.4. The van der Waals surface area contributed by atoms with Crippen LogP contribution in [0.5, 0.6) is 0 Å². The Kier molecular flexibility index (Phi) is 13.6.